The van der Waals surface area contributed by atoms with Gasteiger partial charge in [-0.2, -0.15) is 0 Å². The number of halogens is 2. The Morgan fingerprint density at radius 1 is 0.889 bits per heavy atom. The van der Waals surface area contributed by atoms with Crippen LogP contribution in [-0.4, -0.2) is 47.3 Å². The minimum absolute atomic E-state index is 0.0708. The van der Waals surface area contributed by atoms with Crippen molar-refractivity contribution in [2.45, 2.75) is 18.4 Å². The smallest absolute Gasteiger partial charge is 0.315 e. The average Bonchev–Trinajstić information content (AvgIpc) is 3.17. The molecular weight excluding hydrogens is 464 g/mol. The predicted molar refractivity (Wildman–Crippen MR) is 129 cm³/mol. The van der Waals surface area contributed by atoms with E-state index in [9.17, 15) is 23.2 Å². The fraction of sp³-hybridized carbons (Fsp3) is 0.250. The molecule has 2 heterocycles. The van der Waals surface area contributed by atoms with Gasteiger partial charge in [-0.1, -0.05) is 60.7 Å². The molecule has 3 aromatic carbocycles. The van der Waals surface area contributed by atoms with Gasteiger partial charge in [0.05, 0.1) is 12.2 Å². The summed E-state index contributed by atoms with van der Waals surface area (Å²) in [6.45, 7) is 0.948. The molecule has 0 radical (unpaired) electrons. The van der Waals surface area contributed by atoms with Crippen molar-refractivity contribution in [1.29, 1.82) is 0 Å². The molecule has 0 saturated carbocycles. The molecule has 8 heteroatoms. The van der Waals surface area contributed by atoms with Crippen molar-refractivity contribution in [1.82, 2.24) is 15.1 Å². The Balaban J connectivity index is 1.32. The van der Waals surface area contributed by atoms with Crippen LogP contribution in [0.25, 0.3) is 0 Å². The van der Waals surface area contributed by atoms with Gasteiger partial charge in [0, 0.05) is 19.0 Å². The first-order valence-corrected chi connectivity index (χ1v) is 11.9. The van der Waals surface area contributed by atoms with E-state index in [1.165, 1.54) is 4.90 Å². The Morgan fingerprint density at radius 2 is 1.47 bits per heavy atom. The molecular formula is C28H25F2N3O3. The number of hydrogen-bond acceptors (Lipinski definition) is 4. The molecule has 0 unspecified atom stereocenters. The van der Waals surface area contributed by atoms with Crippen LogP contribution in [0.1, 0.15) is 34.3 Å². The van der Waals surface area contributed by atoms with Gasteiger partial charge in [0.1, 0.15) is 11.6 Å². The van der Waals surface area contributed by atoms with Gasteiger partial charge in [-0.05, 0) is 42.2 Å². The number of imide groups is 1. The van der Waals surface area contributed by atoms with Crippen molar-refractivity contribution < 1.29 is 23.2 Å². The highest BCUT2D eigenvalue weighted by Gasteiger charge is 2.54. The Morgan fingerprint density at radius 3 is 2.06 bits per heavy atom. The molecule has 3 aromatic rings. The lowest BCUT2D eigenvalue weighted by molar-refractivity contribution is -0.132. The number of nitrogens with one attached hydrogen (secondary N) is 1. The summed E-state index contributed by atoms with van der Waals surface area (Å²) in [5.74, 6) is -2.63. The van der Waals surface area contributed by atoms with E-state index < -0.39 is 34.9 Å². The monoisotopic (exact) mass is 489 g/mol. The largest absolute Gasteiger partial charge is 0.326 e. The summed E-state index contributed by atoms with van der Waals surface area (Å²) < 4.78 is 27.6. The van der Waals surface area contributed by atoms with E-state index >= 15 is 0 Å². The molecule has 6 nitrogen and oxygen atoms in total. The molecule has 0 spiro atoms. The van der Waals surface area contributed by atoms with Crippen molar-refractivity contribution in [3.8, 4) is 0 Å². The Kier molecular flexibility index (Phi) is 6.36. The molecule has 36 heavy (non-hydrogen) atoms. The number of piperidine rings is 1. The lowest BCUT2D eigenvalue weighted by atomic mass is 9.82. The maximum absolute atomic E-state index is 14.1. The number of benzene rings is 3. The van der Waals surface area contributed by atoms with Crippen LogP contribution in [0.5, 0.6) is 0 Å². The van der Waals surface area contributed by atoms with Gasteiger partial charge in [-0.15, -0.1) is 0 Å². The number of amides is 3. The summed E-state index contributed by atoms with van der Waals surface area (Å²) in [7, 11) is 0. The van der Waals surface area contributed by atoms with Crippen LogP contribution in [0, 0.1) is 17.6 Å². The Bertz CT molecular complexity index is 1250. The van der Waals surface area contributed by atoms with Crippen LogP contribution < -0.4 is 5.32 Å². The van der Waals surface area contributed by atoms with Crippen molar-refractivity contribution in [3.63, 3.8) is 0 Å². The van der Waals surface area contributed by atoms with E-state index in [0.717, 1.165) is 18.2 Å². The van der Waals surface area contributed by atoms with Crippen molar-refractivity contribution in [3.05, 3.63) is 107 Å². The van der Waals surface area contributed by atoms with Crippen molar-refractivity contribution >= 4 is 17.7 Å². The molecule has 1 N–H and O–H groups in total. The normalized spacial score (nSPS) is 18.3. The van der Waals surface area contributed by atoms with Crippen molar-refractivity contribution in [2.24, 2.45) is 5.92 Å². The highest BCUT2D eigenvalue weighted by Crippen LogP contribution is 2.36. The SMILES string of the molecule is O=C(c1cc(F)ccc1F)C1CCN(CN2C(=O)NC(c3ccccc3)(c3ccccc3)C2=O)CC1. The summed E-state index contributed by atoms with van der Waals surface area (Å²) in [6.07, 6.45) is 0.835. The van der Waals surface area contributed by atoms with E-state index in [1.807, 2.05) is 65.6 Å². The lowest BCUT2D eigenvalue weighted by Crippen LogP contribution is -2.48. The average molecular weight is 490 g/mol. The number of nitrogens with zero attached hydrogens (tertiary/aromatic N) is 2. The minimum Gasteiger partial charge on any atom is -0.315 e. The van der Waals surface area contributed by atoms with Gasteiger partial charge < -0.3 is 5.32 Å². The molecule has 0 aromatic heterocycles. The number of hydrogen-bond donors (Lipinski definition) is 1. The second-order valence-electron chi connectivity index (χ2n) is 9.17. The summed E-state index contributed by atoms with van der Waals surface area (Å²) in [6, 6.07) is 20.7. The van der Waals surface area contributed by atoms with Crippen molar-refractivity contribution in [2.75, 3.05) is 19.8 Å². The molecule has 0 atom stereocenters. The quantitative estimate of drug-likeness (QED) is 0.414. The summed E-state index contributed by atoms with van der Waals surface area (Å²) >= 11 is 0. The summed E-state index contributed by atoms with van der Waals surface area (Å²) in [5, 5.41) is 2.93. The summed E-state index contributed by atoms with van der Waals surface area (Å²) in [5.41, 5.74) is -0.238. The first-order chi connectivity index (χ1) is 17.4. The number of urea groups is 1. The van der Waals surface area contributed by atoms with Crippen LogP contribution >= 0.6 is 0 Å². The molecule has 2 aliphatic rings. The molecule has 2 saturated heterocycles. The first-order valence-electron chi connectivity index (χ1n) is 11.9. The number of Topliss-reactive ketones (excluding diaryl/α,β-unsaturated/α-hetero) is 1. The van der Waals surface area contributed by atoms with E-state index in [0.29, 0.717) is 37.1 Å². The van der Waals surface area contributed by atoms with E-state index in [4.69, 9.17) is 0 Å². The summed E-state index contributed by atoms with van der Waals surface area (Å²) in [4.78, 5) is 42.8. The topological polar surface area (TPSA) is 69.7 Å². The second-order valence-corrected chi connectivity index (χ2v) is 9.17. The third-order valence-electron chi connectivity index (χ3n) is 7.01. The van der Waals surface area contributed by atoms with Gasteiger partial charge in [0.25, 0.3) is 5.91 Å². The highest BCUT2D eigenvalue weighted by atomic mass is 19.1. The number of likely N-dealkylation sites (tertiary alicyclic amines) is 1. The van der Waals surface area contributed by atoms with Gasteiger partial charge in [-0.3, -0.25) is 14.5 Å². The van der Waals surface area contributed by atoms with Crippen LogP contribution in [0.2, 0.25) is 0 Å². The molecule has 2 fully saturated rings. The molecule has 2 aliphatic heterocycles. The van der Waals surface area contributed by atoms with Gasteiger partial charge in [0.2, 0.25) is 0 Å². The maximum atomic E-state index is 14.1. The lowest BCUT2D eigenvalue weighted by Gasteiger charge is -2.33. The highest BCUT2D eigenvalue weighted by molar-refractivity contribution is 6.09. The Hall–Kier alpha value is -3.91. The van der Waals surface area contributed by atoms with Crippen LogP contribution in [-0.2, 0) is 10.3 Å². The minimum atomic E-state index is -1.33. The van der Waals surface area contributed by atoms with Crippen LogP contribution in [0.4, 0.5) is 13.6 Å². The van der Waals surface area contributed by atoms with E-state index in [2.05, 4.69) is 5.32 Å². The number of rotatable bonds is 6. The van der Waals surface area contributed by atoms with Gasteiger partial charge in [0.15, 0.2) is 11.3 Å². The predicted octanol–water partition coefficient (Wildman–Crippen LogP) is 4.31. The number of carbonyl (C=O) groups is 3. The fourth-order valence-electron chi connectivity index (χ4n) is 5.08. The van der Waals surface area contributed by atoms with Crippen LogP contribution in [0.3, 0.4) is 0 Å². The zero-order valence-electron chi connectivity index (χ0n) is 19.5. The third kappa shape index (κ3) is 4.18. The van der Waals surface area contributed by atoms with Gasteiger partial charge in [-0.25, -0.2) is 18.5 Å². The second kappa shape index (κ2) is 9.62. The Labute approximate surface area is 207 Å². The molecule has 0 aliphatic carbocycles. The molecule has 184 valence electrons. The van der Waals surface area contributed by atoms with E-state index in [-0.39, 0.29) is 18.1 Å². The first kappa shape index (κ1) is 23.8. The van der Waals surface area contributed by atoms with Crippen LogP contribution in [0.15, 0.2) is 78.9 Å². The fourth-order valence-corrected chi connectivity index (χ4v) is 5.08. The molecule has 0 bridgehead atoms. The number of ketones is 1. The molecule has 3 amide bonds. The van der Waals surface area contributed by atoms with Gasteiger partial charge >= 0.3 is 6.03 Å². The number of carbonyl (C=O) groups excluding carboxylic acids is 3. The zero-order valence-corrected chi connectivity index (χ0v) is 19.5. The third-order valence-corrected chi connectivity index (χ3v) is 7.01. The molecule has 5 rings (SSSR count). The zero-order chi connectivity index (χ0) is 25.3. The van der Waals surface area contributed by atoms with E-state index in [1.54, 1.807) is 0 Å². The standard InChI is InChI=1S/C28H25F2N3O3/c29-22-11-12-24(30)23(17-22)25(34)19-13-15-32(16-14-19)18-33-26(35)28(31-27(33)36,20-7-3-1-4-8-20)21-9-5-2-6-10-21/h1-12,17,19H,13-16,18H2,(H,31,36). The maximum Gasteiger partial charge on any atom is 0.326 e.